The lowest BCUT2D eigenvalue weighted by Gasteiger charge is -2.10. The fraction of sp³-hybridized carbons (Fsp3) is 0.118. The van der Waals surface area contributed by atoms with Crippen molar-refractivity contribution in [2.75, 3.05) is 5.32 Å². The Kier molecular flexibility index (Phi) is 4.88. The van der Waals surface area contributed by atoms with E-state index in [4.69, 9.17) is 11.6 Å². The number of benzene rings is 2. The second-order valence-electron chi connectivity index (χ2n) is 5.49. The predicted octanol–water partition coefficient (Wildman–Crippen LogP) is 4.64. The molecule has 140 valence electrons. The summed E-state index contributed by atoms with van der Waals surface area (Å²) in [6, 6.07) is 8.40. The van der Waals surface area contributed by atoms with Crippen molar-refractivity contribution in [2.45, 2.75) is 13.1 Å². The molecule has 0 radical (unpaired) electrons. The smallest absolute Gasteiger partial charge is 0.317 e. The summed E-state index contributed by atoms with van der Waals surface area (Å²) in [5.41, 5.74) is -1.25. The van der Waals surface area contributed by atoms with Crippen molar-refractivity contribution >= 4 is 23.2 Å². The van der Waals surface area contributed by atoms with Gasteiger partial charge in [0.25, 0.3) is 5.91 Å². The Balaban J connectivity index is 1.90. The Labute approximate surface area is 155 Å². The van der Waals surface area contributed by atoms with Gasteiger partial charge in [0.2, 0.25) is 5.82 Å². The average molecular weight is 399 g/mol. The number of carbonyl (C=O) groups is 1. The Hall–Kier alpha value is -2.94. The lowest BCUT2D eigenvalue weighted by atomic mass is 10.2. The molecule has 1 N–H and O–H groups in total. The van der Waals surface area contributed by atoms with Gasteiger partial charge in [0, 0.05) is 0 Å². The summed E-state index contributed by atoms with van der Waals surface area (Å²) >= 11 is 6.08. The zero-order chi connectivity index (χ0) is 19.8. The number of hydrogen-bond donors (Lipinski definition) is 1. The Bertz CT molecular complexity index is 1020. The SMILES string of the molecule is Cc1nc(C(=O)Nc2cc(C(F)(F)F)ccc2F)nn1-c1ccccc1Cl. The molecule has 2 aromatic carbocycles. The Morgan fingerprint density at radius 1 is 1.19 bits per heavy atom. The molecule has 27 heavy (non-hydrogen) atoms. The van der Waals surface area contributed by atoms with Crippen LogP contribution < -0.4 is 5.32 Å². The summed E-state index contributed by atoms with van der Waals surface area (Å²) < 4.78 is 53.4. The first-order valence-corrected chi connectivity index (χ1v) is 7.91. The molecular formula is C17H11ClF4N4O. The predicted molar refractivity (Wildman–Crippen MR) is 90.5 cm³/mol. The Morgan fingerprint density at radius 3 is 2.56 bits per heavy atom. The first-order valence-electron chi connectivity index (χ1n) is 7.53. The number of rotatable bonds is 3. The van der Waals surface area contributed by atoms with Gasteiger partial charge < -0.3 is 5.32 Å². The topological polar surface area (TPSA) is 59.8 Å². The molecule has 1 aromatic heterocycles. The maximum Gasteiger partial charge on any atom is 0.416 e. The number of aromatic nitrogens is 3. The van der Waals surface area contributed by atoms with E-state index in [0.29, 0.717) is 34.7 Å². The maximum absolute atomic E-state index is 13.8. The number of aryl methyl sites for hydroxylation is 1. The van der Waals surface area contributed by atoms with Gasteiger partial charge in [0.05, 0.1) is 22.0 Å². The highest BCUT2D eigenvalue weighted by molar-refractivity contribution is 6.32. The van der Waals surface area contributed by atoms with Crippen LogP contribution in [0.3, 0.4) is 0 Å². The van der Waals surface area contributed by atoms with Crippen LogP contribution in [0.1, 0.15) is 22.0 Å². The van der Waals surface area contributed by atoms with E-state index in [9.17, 15) is 22.4 Å². The van der Waals surface area contributed by atoms with Gasteiger partial charge in [-0.25, -0.2) is 14.1 Å². The first-order chi connectivity index (χ1) is 12.7. The first kappa shape index (κ1) is 18.8. The molecule has 0 atom stereocenters. The molecule has 0 fully saturated rings. The second-order valence-corrected chi connectivity index (χ2v) is 5.90. The monoisotopic (exact) mass is 398 g/mol. The van der Waals surface area contributed by atoms with Crippen molar-refractivity contribution in [3.63, 3.8) is 0 Å². The summed E-state index contributed by atoms with van der Waals surface area (Å²) in [4.78, 5) is 16.2. The minimum absolute atomic E-state index is 0.317. The molecule has 0 saturated heterocycles. The molecule has 0 unspecified atom stereocenters. The number of nitrogens with zero attached hydrogens (tertiary/aromatic N) is 3. The third kappa shape index (κ3) is 3.92. The van der Waals surface area contributed by atoms with Crippen LogP contribution in [-0.4, -0.2) is 20.7 Å². The summed E-state index contributed by atoms with van der Waals surface area (Å²) in [5.74, 6) is -2.00. The van der Waals surface area contributed by atoms with Gasteiger partial charge in [0.1, 0.15) is 11.6 Å². The molecule has 0 bridgehead atoms. The Morgan fingerprint density at radius 2 is 1.89 bits per heavy atom. The maximum atomic E-state index is 13.8. The van der Waals surface area contributed by atoms with E-state index in [2.05, 4.69) is 15.4 Å². The van der Waals surface area contributed by atoms with Gasteiger partial charge in [0.15, 0.2) is 0 Å². The standard InChI is InChI=1S/C17H11ClF4N4O/c1-9-23-15(25-26(9)14-5-3-2-4-11(14)18)16(27)24-13-8-10(17(20,21)22)6-7-12(13)19/h2-8H,1H3,(H,24,27). The summed E-state index contributed by atoms with van der Waals surface area (Å²) in [6.45, 7) is 1.57. The molecule has 3 aromatic rings. The number of halogens is 5. The van der Waals surface area contributed by atoms with Crippen molar-refractivity contribution in [1.82, 2.24) is 14.8 Å². The van der Waals surface area contributed by atoms with Crippen molar-refractivity contribution in [3.05, 3.63) is 70.5 Å². The molecule has 3 rings (SSSR count). The third-order valence-electron chi connectivity index (χ3n) is 3.59. The molecule has 0 aliphatic heterocycles. The minimum Gasteiger partial charge on any atom is -0.317 e. The number of nitrogens with one attached hydrogen (secondary N) is 1. The normalized spacial score (nSPS) is 11.5. The fourth-order valence-electron chi connectivity index (χ4n) is 2.31. The van der Waals surface area contributed by atoms with Gasteiger partial charge in [-0.2, -0.15) is 13.2 Å². The van der Waals surface area contributed by atoms with Crippen LogP contribution in [0.5, 0.6) is 0 Å². The number of para-hydroxylation sites is 1. The third-order valence-corrected chi connectivity index (χ3v) is 3.91. The van der Waals surface area contributed by atoms with Crippen LogP contribution in [0.4, 0.5) is 23.2 Å². The molecule has 10 heteroatoms. The van der Waals surface area contributed by atoms with Gasteiger partial charge in [-0.1, -0.05) is 23.7 Å². The van der Waals surface area contributed by atoms with Gasteiger partial charge in [-0.05, 0) is 37.3 Å². The van der Waals surface area contributed by atoms with Crippen molar-refractivity contribution in [3.8, 4) is 5.69 Å². The van der Waals surface area contributed by atoms with Crippen LogP contribution in [0.25, 0.3) is 5.69 Å². The van der Waals surface area contributed by atoms with Crippen LogP contribution >= 0.6 is 11.6 Å². The number of carbonyl (C=O) groups excluding carboxylic acids is 1. The highest BCUT2D eigenvalue weighted by Gasteiger charge is 2.31. The number of alkyl halides is 3. The van der Waals surface area contributed by atoms with Crippen molar-refractivity contribution < 1.29 is 22.4 Å². The fourth-order valence-corrected chi connectivity index (χ4v) is 2.53. The highest BCUT2D eigenvalue weighted by Crippen LogP contribution is 2.32. The zero-order valence-electron chi connectivity index (χ0n) is 13.7. The lowest BCUT2D eigenvalue weighted by Crippen LogP contribution is -2.16. The lowest BCUT2D eigenvalue weighted by molar-refractivity contribution is -0.137. The number of amides is 1. The van der Waals surface area contributed by atoms with Gasteiger partial charge >= 0.3 is 6.18 Å². The van der Waals surface area contributed by atoms with Crippen molar-refractivity contribution in [1.29, 1.82) is 0 Å². The molecule has 0 spiro atoms. The van der Waals surface area contributed by atoms with E-state index >= 15 is 0 Å². The molecule has 5 nitrogen and oxygen atoms in total. The second kappa shape index (κ2) is 6.99. The molecular weight excluding hydrogens is 388 g/mol. The summed E-state index contributed by atoms with van der Waals surface area (Å²) in [7, 11) is 0. The van der Waals surface area contributed by atoms with E-state index in [-0.39, 0.29) is 5.82 Å². The highest BCUT2D eigenvalue weighted by atomic mass is 35.5. The summed E-state index contributed by atoms with van der Waals surface area (Å²) in [6.07, 6.45) is -4.67. The summed E-state index contributed by atoms with van der Waals surface area (Å²) in [5, 5.41) is 6.42. The molecule has 1 heterocycles. The molecule has 1 amide bonds. The van der Waals surface area contributed by atoms with Crippen molar-refractivity contribution in [2.24, 2.45) is 0 Å². The zero-order valence-corrected chi connectivity index (χ0v) is 14.4. The van der Waals surface area contributed by atoms with Gasteiger partial charge in [-0.3, -0.25) is 4.79 Å². The van der Waals surface area contributed by atoms with Crippen LogP contribution in [0.15, 0.2) is 42.5 Å². The number of hydrogen-bond acceptors (Lipinski definition) is 3. The van der Waals surface area contributed by atoms with E-state index in [1.807, 2.05) is 0 Å². The van der Waals surface area contributed by atoms with Gasteiger partial charge in [-0.15, -0.1) is 5.10 Å². The van der Waals surface area contributed by atoms with E-state index in [1.54, 1.807) is 31.2 Å². The largest absolute Gasteiger partial charge is 0.416 e. The number of anilines is 1. The molecule has 0 aliphatic rings. The minimum atomic E-state index is -4.67. The van der Waals surface area contributed by atoms with E-state index in [0.717, 1.165) is 0 Å². The van der Waals surface area contributed by atoms with Crippen LogP contribution in [0, 0.1) is 12.7 Å². The quantitative estimate of drug-likeness (QED) is 0.654. The van der Waals surface area contributed by atoms with Crippen LogP contribution in [-0.2, 0) is 6.18 Å². The molecule has 0 saturated carbocycles. The molecule has 0 aliphatic carbocycles. The van der Waals surface area contributed by atoms with E-state index in [1.165, 1.54) is 4.68 Å². The van der Waals surface area contributed by atoms with Crippen LogP contribution in [0.2, 0.25) is 5.02 Å². The van der Waals surface area contributed by atoms with E-state index < -0.39 is 29.2 Å². The average Bonchev–Trinajstić information content (AvgIpc) is 2.98.